The summed E-state index contributed by atoms with van der Waals surface area (Å²) in [6.45, 7) is 8.52. The van der Waals surface area contributed by atoms with Crippen LogP contribution in [0.2, 0.25) is 0 Å². The molecule has 2 N–H and O–H groups in total. The molecule has 10 atom stereocenters. The predicted octanol–water partition coefficient (Wildman–Crippen LogP) is 7.50. The maximum absolute atomic E-state index is 14.0. The number of sulfone groups is 1. The molecule has 4 aliphatic carbocycles. The van der Waals surface area contributed by atoms with Crippen LogP contribution in [0.3, 0.4) is 0 Å². The van der Waals surface area contributed by atoms with E-state index in [1.165, 1.54) is 17.7 Å². The molecule has 41 heavy (non-hydrogen) atoms. The molecule has 4 aliphatic rings. The number of alkyl halides is 3. The van der Waals surface area contributed by atoms with E-state index in [4.69, 9.17) is 0 Å². The van der Waals surface area contributed by atoms with Crippen molar-refractivity contribution in [1.29, 1.82) is 0 Å². The van der Waals surface area contributed by atoms with Crippen molar-refractivity contribution in [3.05, 3.63) is 42.0 Å². The van der Waals surface area contributed by atoms with Gasteiger partial charge in [-0.1, -0.05) is 50.6 Å². The van der Waals surface area contributed by atoms with E-state index in [1.807, 2.05) is 13.8 Å². The molecule has 0 radical (unpaired) electrons. The summed E-state index contributed by atoms with van der Waals surface area (Å²) in [5.41, 5.74) is 0.721. The lowest BCUT2D eigenvalue weighted by Crippen LogP contribution is -2.52. The molecule has 230 valence electrons. The standard InChI is InChI=1S/C33H47F3O4S/c1-21(29(18-23(37)20-33(34,35)36)41(39,40)24-8-6-5-7-9-24)26-12-13-27-25-11-10-22-19-30(2,38)16-17-31(22,3)28(25)14-15-32(26,27)4/h5-10,21,23,25-29,37-38H,11-20H2,1-4H3/t21-,23?,25-,26+,27-,28-,29?,30-,31-,32+/m0/s1. The summed E-state index contributed by atoms with van der Waals surface area (Å²) in [7, 11) is -3.97. The van der Waals surface area contributed by atoms with Gasteiger partial charge in [-0.15, -0.1) is 0 Å². The van der Waals surface area contributed by atoms with Gasteiger partial charge in [-0.25, -0.2) is 8.42 Å². The zero-order valence-electron chi connectivity index (χ0n) is 24.8. The van der Waals surface area contributed by atoms with Gasteiger partial charge in [0.2, 0.25) is 0 Å². The van der Waals surface area contributed by atoms with Crippen LogP contribution in [0, 0.1) is 40.4 Å². The first-order chi connectivity index (χ1) is 19.0. The minimum Gasteiger partial charge on any atom is -0.393 e. The van der Waals surface area contributed by atoms with Gasteiger partial charge in [0.15, 0.2) is 9.84 Å². The summed E-state index contributed by atoms with van der Waals surface area (Å²) in [5, 5.41) is 20.1. The van der Waals surface area contributed by atoms with Gasteiger partial charge in [-0.2, -0.15) is 13.2 Å². The van der Waals surface area contributed by atoms with E-state index in [0.29, 0.717) is 17.8 Å². The number of aliphatic hydroxyl groups excluding tert-OH is 1. The highest BCUT2D eigenvalue weighted by molar-refractivity contribution is 7.92. The second kappa shape index (κ2) is 10.7. The lowest BCUT2D eigenvalue weighted by Gasteiger charge is -2.59. The lowest BCUT2D eigenvalue weighted by molar-refractivity contribution is -0.154. The van der Waals surface area contributed by atoms with Crippen LogP contribution >= 0.6 is 0 Å². The van der Waals surface area contributed by atoms with Gasteiger partial charge in [-0.05, 0) is 117 Å². The maximum Gasteiger partial charge on any atom is 0.391 e. The molecule has 0 amide bonds. The zero-order chi connectivity index (χ0) is 30.0. The third-order valence-corrected chi connectivity index (χ3v) is 14.5. The average Bonchev–Trinajstić information content (AvgIpc) is 3.24. The minimum absolute atomic E-state index is 0.0419. The van der Waals surface area contributed by atoms with Crippen molar-refractivity contribution >= 4 is 9.84 Å². The third-order valence-electron chi connectivity index (χ3n) is 12.1. The molecule has 3 saturated carbocycles. The minimum atomic E-state index is -4.57. The van der Waals surface area contributed by atoms with Crippen molar-refractivity contribution < 1.29 is 31.8 Å². The molecule has 0 bridgehead atoms. The van der Waals surface area contributed by atoms with Gasteiger partial charge in [-0.3, -0.25) is 0 Å². The fourth-order valence-corrected chi connectivity index (χ4v) is 12.1. The van der Waals surface area contributed by atoms with Crippen LogP contribution in [-0.2, 0) is 9.84 Å². The van der Waals surface area contributed by atoms with E-state index in [0.717, 1.165) is 51.4 Å². The Bertz CT molecular complexity index is 1240. The van der Waals surface area contributed by atoms with Crippen LogP contribution in [0.25, 0.3) is 0 Å². The molecule has 1 aromatic rings. The monoisotopic (exact) mass is 596 g/mol. The number of halogens is 3. The van der Waals surface area contributed by atoms with E-state index in [-0.39, 0.29) is 21.6 Å². The summed E-state index contributed by atoms with van der Waals surface area (Å²) in [6, 6.07) is 7.98. The predicted molar refractivity (Wildman–Crippen MR) is 154 cm³/mol. The average molecular weight is 597 g/mol. The highest BCUT2D eigenvalue weighted by atomic mass is 32.2. The van der Waals surface area contributed by atoms with Crippen LogP contribution in [0.15, 0.2) is 46.9 Å². The van der Waals surface area contributed by atoms with E-state index in [1.54, 1.807) is 18.2 Å². The molecule has 0 spiro atoms. The molecular formula is C33H47F3O4S. The van der Waals surface area contributed by atoms with Crippen molar-refractivity contribution in [3.8, 4) is 0 Å². The first-order valence-electron chi connectivity index (χ1n) is 15.4. The summed E-state index contributed by atoms with van der Waals surface area (Å²) < 4.78 is 67.5. The number of benzene rings is 1. The van der Waals surface area contributed by atoms with E-state index >= 15 is 0 Å². The second-order valence-electron chi connectivity index (χ2n) is 14.6. The Morgan fingerprint density at radius 1 is 1.00 bits per heavy atom. The van der Waals surface area contributed by atoms with Crippen LogP contribution in [0.4, 0.5) is 13.2 Å². The fourth-order valence-electron chi connectivity index (χ4n) is 10.00. The zero-order valence-corrected chi connectivity index (χ0v) is 25.6. The highest BCUT2D eigenvalue weighted by Gasteiger charge is 2.60. The largest absolute Gasteiger partial charge is 0.393 e. The molecular weight excluding hydrogens is 549 g/mol. The van der Waals surface area contributed by atoms with Gasteiger partial charge in [0.25, 0.3) is 0 Å². The lowest BCUT2D eigenvalue weighted by atomic mass is 9.46. The Balaban J connectivity index is 1.43. The van der Waals surface area contributed by atoms with Gasteiger partial charge < -0.3 is 10.2 Å². The number of rotatable bonds is 7. The molecule has 0 aromatic heterocycles. The van der Waals surface area contributed by atoms with E-state index < -0.39 is 51.7 Å². The van der Waals surface area contributed by atoms with Crippen molar-refractivity contribution in [2.75, 3.05) is 0 Å². The van der Waals surface area contributed by atoms with Crippen molar-refractivity contribution in [3.63, 3.8) is 0 Å². The molecule has 0 aliphatic heterocycles. The Morgan fingerprint density at radius 2 is 1.68 bits per heavy atom. The number of hydrogen-bond acceptors (Lipinski definition) is 4. The Hall–Kier alpha value is -1.38. The van der Waals surface area contributed by atoms with Crippen LogP contribution in [-0.4, -0.2) is 41.8 Å². The highest BCUT2D eigenvalue weighted by Crippen LogP contribution is 2.68. The fraction of sp³-hybridized carbons (Fsp3) is 0.758. The van der Waals surface area contributed by atoms with E-state index in [2.05, 4.69) is 19.9 Å². The van der Waals surface area contributed by atoms with Crippen molar-refractivity contribution in [1.82, 2.24) is 0 Å². The molecule has 5 rings (SSSR count). The third kappa shape index (κ3) is 5.66. The van der Waals surface area contributed by atoms with Crippen LogP contribution < -0.4 is 0 Å². The van der Waals surface area contributed by atoms with Gasteiger partial charge in [0, 0.05) is 0 Å². The van der Waals surface area contributed by atoms with E-state index in [9.17, 15) is 31.8 Å². The second-order valence-corrected chi connectivity index (χ2v) is 16.8. The number of aliphatic hydroxyl groups is 2. The topological polar surface area (TPSA) is 74.6 Å². The molecule has 0 saturated heterocycles. The van der Waals surface area contributed by atoms with Gasteiger partial charge >= 0.3 is 6.18 Å². The van der Waals surface area contributed by atoms with Gasteiger partial charge in [0.05, 0.1) is 28.3 Å². The Morgan fingerprint density at radius 3 is 2.34 bits per heavy atom. The molecule has 4 nitrogen and oxygen atoms in total. The van der Waals surface area contributed by atoms with Crippen LogP contribution in [0.5, 0.6) is 0 Å². The molecule has 0 heterocycles. The van der Waals surface area contributed by atoms with Gasteiger partial charge in [0.1, 0.15) is 0 Å². The number of fused-ring (bicyclic) bond motifs is 5. The number of hydrogen-bond donors (Lipinski definition) is 2. The maximum atomic E-state index is 14.0. The molecule has 2 unspecified atom stereocenters. The Kier molecular flexibility index (Phi) is 8.07. The molecule has 1 aromatic carbocycles. The summed E-state index contributed by atoms with van der Waals surface area (Å²) in [4.78, 5) is 0.102. The van der Waals surface area contributed by atoms with Crippen LogP contribution in [0.1, 0.15) is 91.9 Å². The Labute approximate surface area is 243 Å². The first kappa shape index (κ1) is 31.1. The SMILES string of the molecule is C[C@H](C(CC(O)CC(F)(F)F)S(=O)(=O)c1ccccc1)[C@H]1CC[C@H]2[C@@H]3CC=C4C[C@@](C)(O)CC[C@]4(C)[C@H]3CC[C@]12C. The first-order valence-corrected chi connectivity index (χ1v) is 17.0. The van der Waals surface area contributed by atoms with Crippen molar-refractivity contribution in [2.24, 2.45) is 40.4 Å². The molecule has 3 fully saturated rings. The quantitative estimate of drug-likeness (QED) is 0.320. The molecule has 8 heteroatoms. The summed E-state index contributed by atoms with van der Waals surface area (Å²) in [6.07, 6.45) is 1.55. The van der Waals surface area contributed by atoms with Crippen molar-refractivity contribution in [2.45, 2.75) is 120 Å². The summed E-state index contributed by atoms with van der Waals surface area (Å²) in [5.74, 6) is 1.09. The normalized spacial score (nSPS) is 39.6. The number of allylic oxidation sites excluding steroid dienone is 1. The summed E-state index contributed by atoms with van der Waals surface area (Å²) >= 11 is 0. The smallest absolute Gasteiger partial charge is 0.391 e.